The standard InChI is InChI=1S/C15H15Br2FN2/c16-12-6-5-11(15(18)9-12)8-13(20-19)7-10-3-1-2-4-14(10)17/h1-6,9,13,20H,7-8,19H2. The predicted octanol–water partition coefficient (Wildman–Crippen LogP) is 3.97. The molecule has 106 valence electrons. The Bertz CT molecular complexity index is 590. The number of halogens is 3. The van der Waals surface area contributed by atoms with Crippen molar-refractivity contribution in [2.45, 2.75) is 18.9 Å². The van der Waals surface area contributed by atoms with E-state index in [1.54, 1.807) is 6.07 Å². The van der Waals surface area contributed by atoms with Gasteiger partial charge in [-0.1, -0.05) is 56.1 Å². The summed E-state index contributed by atoms with van der Waals surface area (Å²) in [5.74, 6) is 5.39. The zero-order chi connectivity index (χ0) is 14.5. The number of hydrazine groups is 1. The molecule has 0 radical (unpaired) electrons. The molecule has 0 aliphatic heterocycles. The highest BCUT2D eigenvalue weighted by Gasteiger charge is 2.13. The van der Waals surface area contributed by atoms with Gasteiger partial charge in [0.15, 0.2) is 0 Å². The Kier molecular flexibility index (Phi) is 5.72. The van der Waals surface area contributed by atoms with Crippen LogP contribution < -0.4 is 11.3 Å². The van der Waals surface area contributed by atoms with Gasteiger partial charge in [-0.25, -0.2) is 4.39 Å². The Morgan fingerprint density at radius 3 is 2.40 bits per heavy atom. The van der Waals surface area contributed by atoms with Gasteiger partial charge in [-0.2, -0.15) is 0 Å². The van der Waals surface area contributed by atoms with Crippen LogP contribution in [0.1, 0.15) is 11.1 Å². The van der Waals surface area contributed by atoms with Gasteiger partial charge in [0.25, 0.3) is 0 Å². The fourth-order valence-corrected chi connectivity index (χ4v) is 2.85. The highest BCUT2D eigenvalue weighted by atomic mass is 79.9. The summed E-state index contributed by atoms with van der Waals surface area (Å²) in [6.07, 6.45) is 1.27. The Morgan fingerprint density at radius 1 is 1.05 bits per heavy atom. The van der Waals surface area contributed by atoms with Gasteiger partial charge in [0, 0.05) is 15.0 Å². The maximum atomic E-state index is 13.9. The van der Waals surface area contributed by atoms with Crippen LogP contribution in [0.3, 0.4) is 0 Å². The Morgan fingerprint density at radius 2 is 1.75 bits per heavy atom. The number of rotatable bonds is 5. The number of benzene rings is 2. The van der Waals surface area contributed by atoms with Crippen LogP contribution >= 0.6 is 31.9 Å². The Labute approximate surface area is 134 Å². The number of nitrogens with two attached hydrogens (primary N) is 1. The van der Waals surface area contributed by atoms with Crippen molar-refractivity contribution in [3.8, 4) is 0 Å². The third-order valence-corrected chi connectivity index (χ3v) is 4.41. The summed E-state index contributed by atoms with van der Waals surface area (Å²) < 4.78 is 15.6. The number of nitrogens with one attached hydrogen (secondary N) is 1. The first kappa shape index (κ1) is 15.6. The van der Waals surface area contributed by atoms with Crippen LogP contribution in [-0.4, -0.2) is 6.04 Å². The van der Waals surface area contributed by atoms with E-state index in [0.717, 1.165) is 20.9 Å². The molecule has 0 saturated carbocycles. The molecular weight excluding hydrogens is 387 g/mol. The maximum Gasteiger partial charge on any atom is 0.127 e. The van der Waals surface area contributed by atoms with Gasteiger partial charge in [0.05, 0.1) is 0 Å². The van der Waals surface area contributed by atoms with E-state index in [1.807, 2.05) is 30.3 Å². The topological polar surface area (TPSA) is 38.0 Å². The van der Waals surface area contributed by atoms with Gasteiger partial charge >= 0.3 is 0 Å². The first-order chi connectivity index (χ1) is 9.60. The lowest BCUT2D eigenvalue weighted by atomic mass is 9.99. The molecule has 0 aromatic heterocycles. The van der Waals surface area contributed by atoms with Gasteiger partial charge in [-0.05, 0) is 42.2 Å². The molecular formula is C15H15Br2FN2. The van der Waals surface area contributed by atoms with Crippen LogP contribution in [-0.2, 0) is 12.8 Å². The largest absolute Gasteiger partial charge is 0.271 e. The number of hydrogen-bond acceptors (Lipinski definition) is 2. The molecule has 0 fully saturated rings. The van der Waals surface area contributed by atoms with E-state index in [4.69, 9.17) is 5.84 Å². The minimum atomic E-state index is -0.216. The summed E-state index contributed by atoms with van der Waals surface area (Å²) in [5.41, 5.74) is 4.57. The molecule has 0 saturated heterocycles. The monoisotopic (exact) mass is 400 g/mol. The second-order valence-corrected chi connectivity index (χ2v) is 6.37. The predicted molar refractivity (Wildman–Crippen MR) is 86.8 cm³/mol. The van der Waals surface area contributed by atoms with Crippen molar-refractivity contribution < 1.29 is 4.39 Å². The molecule has 2 nitrogen and oxygen atoms in total. The Balaban J connectivity index is 2.11. The summed E-state index contributed by atoms with van der Waals surface area (Å²) in [6.45, 7) is 0. The molecule has 0 heterocycles. The van der Waals surface area contributed by atoms with Crippen molar-refractivity contribution in [1.82, 2.24) is 5.43 Å². The number of hydrogen-bond donors (Lipinski definition) is 2. The van der Waals surface area contributed by atoms with Crippen LogP contribution in [0, 0.1) is 5.82 Å². The van der Waals surface area contributed by atoms with Gasteiger partial charge in [-0.3, -0.25) is 11.3 Å². The lowest BCUT2D eigenvalue weighted by Crippen LogP contribution is -2.38. The van der Waals surface area contributed by atoms with E-state index < -0.39 is 0 Å². The van der Waals surface area contributed by atoms with Gasteiger partial charge < -0.3 is 0 Å². The van der Waals surface area contributed by atoms with Crippen molar-refractivity contribution >= 4 is 31.9 Å². The summed E-state index contributed by atoms with van der Waals surface area (Å²) >= 11 is 6.77. The second kappa shape index (κ2) is 7.31. The van der Waals surface area contributed by atoms with Crippen molar-refractivity contribution in [1.29, 1.82) is 0 Å². The summed E-state index contributed by atoms with van der Waals surface area (Å²) in [7, 11) is 0. The van der Waals surface area contributed by atoms with Crippen molar-refractivity contribution in [3.63, 3.8) is 0 Å². The van der Waals surface area contributed by atoms with E-state index in [0.29, 0.717) is 12.0 Å². The SMILES string of the molecule is NNC(Cc1ccc(Br)cc1F)Cc1ccccc1Br. The first-order valence-corrected chi connectivity index (χ1v) is 7.82. The molecule has 5 heteroatoms. The molecule has 0 aliphatic carbocycles. The molecule has 2 aromatic carbocycles. The molecule has 0 spiro atoms. The molecule has 2 rings (SSSR count). The third-order valence-electron chi connectivity index (χ3n) is 3.14. The van der Waals surface area contributed by atoms with Crippen LogP contribution in [0.15, 0.2) is 51.4 Å². The lowest BCUT2D eigenvalue weighted by Gasteiger charge is -2.17. The molecule has 1 atom stereocenters. The van der Waals surface area contributed by atoms with E-state index in [9.17, 15) is 4.39 Å². The van der Waals surface area contributed by atoms with Crippen LogP contribution in [0.25, 0.3) is 0 Å². The summed E-state index contributed by atoms with van der Waals surface area (Å²) in [6, 6.07) is 13.0. The molecule has 0 aliphatic rings. The normalized spacial score (nSPS) is 12.4. The molecule has 3 N–H and O–H groups in total. The van der Waals surface area contributed by atoms with E-state index >= 15 is 0 Å². The molecule has 0 amide bonds. The molecule has 2 aromatic rings. The van der Waals surface area contributed by atoms with Crippen LogP contribution in [0.4, 0.5) is 4.39 Å². The minimum Gasteiger partial charge on any atom is -0.271 e. The fraction of sp³-hybridized carbons (Fsp3) is 0.200. The van der Waals surface area contributed by atoms with E-state index in [2.05, 4.69) is 37.3 Å². The lowest BCUT2D eigenvalue weighted by molar-refractivity contribution is 0.505. The van der Waals surface area contributed by atoms with Crippen molar-refractivity contribution in [2.75, 3.05) is 0 Å². The fourth-order valence-electron chi connectivity index (χ4n) is 2.07. The molecule has 20 heavy (non-hydrogen) atoms. The van der Waals surface area contributed by atoms with Gasteiger partial charge in [-0.15, -0.1) is 0 Å². The quantitative estimate of drug-likeness (QED) is 0.587. The van der Waals surface area contributed by atoms with Crippen LogP contribution in [0.2, 0.25) is 0 Å². The maximum absolute atomic E-state index is 13.9. The van der Waals surface area contributed by atoms with Gasteiger partial charge in [0.2, 0.25) is 0 Å². The highest BCUT2D eigenvalue weighted by molar-refractivity contribution is 9.10. The first-order valence-electron chi connectivity index (χ1n) is 6.23. The zero-order valence-electron chi connectivity index (χ0n) is 10.7. The highest BCUT2D eigenvalue weighted by Crippen LogP contribution is 2.20. The zero-order valence-corrected chi connectivity index (χ0v) is 13.9. The molecule has 1 unspecified atom stereocenters. The summed E-state index contributed by atoms with van der Waals surface area (Å²) in [5, 5.41) is 0. The third kappa shape index (κ3) is 4.12. The second-order valence-electron chi connectivity index (χ2n) is 4.60. The van der Waals surface area contributed by atoms with E-state index in [-0.39, 0.29) is 11.9 Å². The van der Waals surface area contributed by atoms with Crippen LogP contribution in [0.5, 0.6) is 0 Å². The average Bonchev–Trinajstić information content (AvgIpc) is 2.43. The van der Waals surface area contributed by atoms with Crippen molar-refractivity contribution in [2.24, 2.45) is 5.84 Å². The van der Waals surface area contributed by atoms with E-state index in [1.165, 1.54) is 6.07 Å². The van der Waals surface area contributed by atoms with Gasteiger partial charge in [0.1, 0.15) is 5.82 Å². The van der Waals surface area contributed by atoms with Crippen molar-refractivity contribution in [3.05, 3.63) is 68.4 Å². The Hall–Kier alpha value is -0.750. The summed E-state index contributed by atoms with van der Waals surface area (Å²) in [4.78, 5) is 0. The minimum absolute atomic E-state index is 0.0237. The average molecular weight is 402 g/mol. The molecule has 0 bridgehead atoms. The smallest absolute Gasteiger partial charge is 0.127 e.